The summed E-state index contributed by atoms with van der Waals surface area (Å²) in [6.07, 6.45) is 3.14. The first-order valence-electron chi connectivity index (χ1n) is 8.00. The molecular formula is C17H20FN3OS. The lowest BCUT2D eigenvalue weighted by Crippen LogP contribution is -2.38. The van der Waals surface area contributed by atoms with E-state index in [4.69, 9.17) is 0 Å². The van der Waals surface area contributed by atoms with Crippen molar-refractivity contribution in [3.05, 3.63) is 45.7 Å². The first-order valence-corrected chi connectivity index (χ1v) is 8.82. The molecule has 122 valence electrons. The van der Waals surface area contributed by atoms with Crippen LogP contribution in [0.25, 0.3) is 0 Å². The number of piperidine rings is 1. The Balaban J connectivity index is 1.53. The quantitative estimate of drug-likeness (QED) is 0.863. The molecule has 0 unspecified atom stereocenters. The van der Waals surface area contributed by atoms with Crippen LogP contribution in [0.3, 0.4) is 0 Å². The number of benzene rings is 1. The standard InChI is InChI=1S/C17H20FN3OS/c1-2-15-19-20-17(23-15)13-7-9-21(10-8-13)16(22)11-12-3-5-14(18)6-4-12/h3-6,13H,2,7-11H2,1H3. The van der Waals surface area contributed by atoms with Crippen molar-refractivity contribution in [1.29, 1.82) is 0 Å². The number of hydrogen-bond acceptors (Lipinski definition) is 4. The Bertz CT molecular complexity index is 663. The van der Waals surface area contributed by atoms with Gasteiger partial charge in [0, 0.05) is 19.0 Å². The van der Waals surface area contributed by atoms with Crippen LogP contribution >= 0.6 is 11.3 Å². The van der Waals surface area contributed by atoms with Crippen LogP contribution in [0.5, 0.6) is 0 Å². The van der Waals surface area contributed by atoms with Crippen molar-refractivity contribution in [1.82, 2.24) is 15.1 Å². The highest BCUT2D eigenvalue weighted by molar-refractivity contribution is 7.11. The Morgan fingerprint density at radius 2 is 1.96 bits per heavy atom. The number of likely N-dealkylation sites (tertiary alicyclic amines) is 1. The van der Waals surface area contributed by atoms with Gasteiger partial charge in [-0.2, -0.15) is 0 Å². The molecule has 0 atom stereocenters. The minimum Gasteiger partial charge on any atom is -0.342 e. The highest BCUT2D eigenvalue weighted by Crippen LogP contribution is 2.30. The zero-order chi connectivity index (χ0) is 16.2. The molecule has 1 aliphatic heterocycles. The normalized spacial score (nSPS) is 15.8. The number of carbonyl (C=O) groups excluding carboxylic acids is 1. The smallest absolute Gasteiger partial charge is 0.226 e. The van der Waals surface area contributed by atoms with E-state index in [1.165, 1.54) is 12.1 Å². The van der Waals surface area contributed by atoms with E-state index < -0.39 is 0 Å². The summed E-state index contributed by atoms with van der Waals surface area (Å²) < 4.78 is 12.9. The molecule has 0 aliphatic carbocycles. The topological polar surface area (TPSA) is 46.1 Å². The summed E-state index contributed by atoms with van der Waals surface area (Å²) in [6, 6.07) is 6.15. The second-order valence-corrected chi connectivity index (χ2v) is 6.94. The fourth-order valence-corrected chi connectivity index (χ4v) is 3.79. The van der Waals surface area contributed by atoms with Crippen LogP contribution < -0.4 is 0 Å². The predicted molar refractivity (Wildman–Crippen MR) is 87.9 cm³/mol. The van der Waals surface area contributed by atoms with Crippen molar-refractivity contribution in [2.45, 2.75) is 38.5 Å². The van der Waals surface area contributed by atoms with E-state index in [1.807, 2.05) is 4.90 Å². The van der Waals surface area contributed by atoms with Gasteiger partial charge in [0.2, 0.25) is 5.91 Å². The number of halogens is 1. The van der Waals surface area contributed by atoms with Gasteiger partial charge in [-0.15, -0.1) is 21.5 Å². The van der Waals surface area contributed by atoms with Crippen molar-refractivity contribution in [2.75, 3.05) is 13.1 Å². The molecule has 6 heteroatoms. The Labute approximate surface area is 139 Å². The van der Waals surface area contributed by atoms with Gasteiger partial charge in [-0.3, -0.25) is 4.79 Å². The summed E-state index contributed by atoms with van der Waals surface area (Å²) >= 11 is 1.69. The lowest BCUT2D eigenvalue weighted by molar-refractivity contribution is -0.131. The van der Waals surface area contributed by atoms with Crippen molar-refractivity contribution >= 4 is 17.2 Å². The number of aromatic nitrogens is 2. The van der Waals surface area contributed by atoms with Gasteiger partial charge in [0.05, 0.1) is 6.42 Å². The van der Waals surface area contributed by atoms with E-state index in [9.17, 15) is 9.18 Å². The van der Waals surface area contributed by atoms with E-state index >= 15 is 0 Å². The first-order chi connectivity index (χ1) is 11.2. The Morgan fingerprint density at radius 3 is 2.57 bits per heavy atom. The third-order valence-corrected chi connectivity index (χ3v) is 5.48. The maximum absolute atomic E-state index is 12.9. The molecule has 0 saturated carbocycles. The van der Waals surface area contributed by atoms with E-state index in [2.05, 4.69) is 17.1 Å². The molecule has 1 amide bonds. The molecular weight excluding hydrogens is 313 g/mol. The molecule has 0 N–H and O–H groups in total. The molecule has 3 rings (SSSR count). The van der Waals surface area contributed by atoms with E-state index in [-0.39, 0.29) is 11.7 Å². The summed E-state index contributed by atoms with van der Waals surface area (Å²) in [7, 11) is 0. The SMILES string of the molecule is CCc1nnc(C2CCN(C(=O)Cc3ccc(F)cc3)CC2)s1. The number of carbonyl (C=O) groups is 1. The summed E-state index contributed by atoms with van der Waals surface area (Å²) in [5, 5.41) is 10.7. The average Bonchev–Trinajstić information content (AvgIpc) is 3.06. The third kappa shape index (κ3) is 3.93. The van der Waals surface area contributed by atoms with Crippen molar-refractivity contribution < 1.29 is 9.18 Å². The van der Waals surface area contributed by atoms with Gasteiger partial charge in [-0.05, 0) is 37.0 Å². The van der Waals surface area contributed by atoms with Crippen LogP contribution in [-0.4, -0.2) is 34.1 Å². The molecule has 4 nitrogen and oxygen atoms in total. The monoisotopic (exact) mass is 333 g/mol. The minimum atomic E-state index is -0.273. The summed E-state index contributed by atoms with van der Waals surface area (Å²) in [4.78, 5) is 14.3. The molecule has 0 radical (unpaired) electrons. The van der Waals surface area contributed by atoms with E-state index in [0.717, 1.165) is 47.9 Å². The highest BCUT2D eigenvalue weighted by Gasteiger charge is 2.26. The zero-order valence-corrected chi connectivity index (χ0v) is 14.0. The van der Waals surface area contributed by atoms with Crippen molar-refractivity contribution in [3.63, 3.8) is 0 Å². The maximum Gasteiger partial charge on any atom is 0.226 e. The zero-order valence-electron chi connectivity index (χ0n) is 13.2. The molecule has 0 bridgehead atoms. The molecule has 1 aromatic heterocycles. The highest BCUT2D eigenvalue weighted by atomic mass is 32.1. The van der Waals surface area contributed by atoms with E-state index in [1.54, 1.807) is 23.5 Å². The molecule has 2 aromatic rings. The summed E-state index contributed by atoms with van der Waals surface area (Å²) in [5.74, 6) is 0.259. The van der Waals surface area contributed by atoms with Crippen LogP contribution in [0, 0.1) is 5.82 Å². The van der Waals surface area contributed by atoms with Gasteiger partial charge in [0.25, 0.3) is 0 Å². The largest absolute Gasteiger partial charge is 0.342 e. The van der Waals surface area contributed by atoms with Crippen LogP contribution in [-0.2, 0) is 17.6 Å². The number of amides is 1. The van der Waals surface area contributed by atoms with Gasteiger partial charge in [0.1, 0.15) is 15.8 Å². The summed E-state index contributed by atoms with van der Waals surface area (Å²) in [6.45, 7) is 3.60. The molecule has 23 heavy (non-hydrogen) atoms. The number of aryl methyl sites for hydroxylation is 1. The third-order valence-electron chi connectivity index (χ3n) is 4.25. The molecule has 1 aliphatic rings. The minimum absolute atomic E-state index is 0.113. The van der Waals surface area contributed by atoms with Gasteiger partial charge < -0.3 is 4.90 Å². The molecule has 1 aromatic carbocycles. The van der Waals surface area contributed by atoms with Crippen molar-refractivity contribution in [3.8, 4) is 0 Å². The lowest BCUT2D eigenvalue weighted by atomic mass is 9.97. The van der Waals surface area contributed by atoms with Gasteiger partial charge >= 0.3 is 0 Å². The fourth-order valence-electron chi connectivity index (χ4n) is 2.84. The first kappa shape index (κ1) is 16.1. The van der Waals surface area contributed by atoms with Gasteiger partial charge in [-0.1, -0.05) is 19.1 Å². The molecule has 1 fully saturated rings. The van der Waals surface area contributed by atoms with Crippen LogP contribution in [0.4, 0.5) is 4.39 Å². The van der Waals surface area contributed by atoms with Gasteiger partial charge in [0.15, 0.2) is 0 Å². The molecule has 0 spiro atoms. The van der Waals surface area contributed by atoms with Crippen molar-refractivity contribution in [2.24, 2.45) is 0 Å². The summed E-state index contributed by atoms with van der Waals surface area (Å²) in [5.41, 5.74) is 0.857. The molecule has 1 saturated heterocycles. The van der Waals surface area contributed by atoms with Crippen LogP contribution in [0.15, 0.2) is 24.3 Å². The predicted octanol–water partition coefficient (Wildman–Crippen LogP) is 3.19. The van der Waals surface area contributed by atoms with Crippen LogP contribution in [0.2, 0.25) is 0 Å². The second-order valence-electron chi connectivity index (χ2n) is 5.85. The average molecular weight is 333 g/mol. The molecule has 2 heterocycles. The Morgan fingerprint density at radius 1 is 1.26 bits per heavy atom. The van der Waals surface area contributed by atoms with Gasteiger partial charge in [-0.25, -0.2) is 4.39 Å². The Hall–Kier alpha value is -1.82. The number of nitrogens with zero attached hydrogens (tertiary/aromatic N) is 3. The second kappa shape index (κ2) is 7.17. The number of hydrogen-bond donors (Lipinski definition) is 0. The fraction of sp³-hybridized carbons (Fsp3) is 0.471. The van der Waals surface area contributed by atoms with E-state index in [0.29, 0.717) is 12.3 Å². The maximum atomic E-state index is 12.9. The number of rotatable bonds is 4. The Kier molecular flexibility index (Phi) is 5.00. The lowest BCUT2D eigenvalue weighted by Gasteiger charge is -2.31. The van der Waals surface area contributed by atoms with Crippen LogP contribution in [0.1, 0.15) is 41.3 Å².